The van der Waals surface area contributed by atoms with Crippen LogP contribution in [0, 0.1) is 29.1 Å². The Morgan fingerprint density at radius 1 is 0.735 bits per heavy atom. The molecule has 0 amide bonds. The smallest absolute Gasteiger partial charge is 0.338 e. The number of halogens is 5. The zero-order chi connectivity index (χ0) is 34.4. The maximum Gasteiger partial charge on any atom is 0.338 e. The molecule has 0 N–H and O–H groups in total. The minimum absolute atomic E-state index is 0.0484. The molecule has 0 radical (unpaired) electrons. The van der Waals surface area contributed by atoms with Gasteiger partial charge < -0.3 is 14.4 Å². The summed E-state index contributed by atoms with van der Waals surface area (Å²) < 4.78 is 80.2. The van der Waals surface area contributed by atoms with Crippen LogP contribution in [0.15, 0.2) is 60.7 Å². The van der Waals surface area contributed by atoms with E-state index in [1.54, 1.807) is 6.07 Å². The van der Waals surface area contributed by atoms with Crippen LogP contribution in [0.2, 0.25) is 0 Å². The molecule has 1 aliphatic rings. The van der Waals surface area contributed by atoms with Gasteiger partial charge in [-0.1, -0.05) is 38.8 Å². The Labute approximate surface area is 278 Å². The van der Waals surface area contributed by atoms with E-state index in [-0.39, 0.29) is 5.56 Å². The van der Waals surface area contributed by atoms with E-state index in [2.05, 4.69) is 36.9 Å². The number of carbonyl (C=O) groups is 1. The first-order chi connectivity index (χ1) is 23.7. The van der Waals surface area contributed by atoms with Crippen molar-refractivity contribution in [3.63, 3.8) is 0 Å². The molecule has 2 heterocycles. The number of hydrogen-bond acceptors (Lipinski definition) is 6. The summed E-state index contributed by atoms with van der Waals surface area (Å²) in [5.41, 5.74) is 3.71. The van der Waals surface area contributed by atoms with Gasteiger partial charge in [-0.05, 0) is 60.9 Å². The topological polar surface area (TPSA) is 64.5 Å². The van der Waals surface area contributed by atoms with E-state index >= 15 is 0 Å². The van der Waals surface area contributed by atoms with Crippen molar-refractivity contribution in [2.24, 2.45) is 0 Å². The summed E-state index contributed by atoms with van der Waals surface area (Å²) in [5.74, 6) is -10.3. The van der Waals surface area contributed by atoms with E-state index in [1.165, 1.54) is 12.1 Å². The second-order valence-corrected chi connectivity index (χ2v) is 12.0. The highest BCUT2D eigenvalue weighted by Gasteiger charge is 2.27. The maximum atomic E-state index is 14.1. The number of hydrogen-bond donors (Lipinski definition) is 0. The molecule has 0 fully saturated rings. The molecule has 11 heteroatoms. The van der Waals surface area contributed by atoms with Gasteiger partial charge in [0.2, 0.25) is 5.82 Å². The second kappa shape index (κ2) is 12.9. The largest absolute Gasteiger partial charge is 0.457 e. The Bertz CT molecular complexity index is 2260. The monoisotopic (exact) mass is 671 g/mol. The Balaban J connectivity index is 1.24. The van der Waals surface area contributed by atoms with E-state index in [9.17, 15) is 26.7 Å². The summed E-state index contributed by atoms with van der Waals surface area (Å²) in [6, 6.07) is 18.4. The summed E-state index contributed by atoms with van der Waals surface area (Å²) in [4.78, 5) is 24.9. The van der Waals surface area contributed by atoms with Gasteiger partial charge in [0.25, 0.3) is 0 Å². The summed E-state index contributed by atoms with van der Waals surface area (Å²) in [6.45, 7) is 5.15. The number of fused-ring (bicyclic) bond motifs is 5. The van der Waals surface area contributed by atoms with E-state index in [1.807, 2.05) is 24.3 Å². The third-order valence-corrected chi connectivity index (χ3v) is 8.81. The summed E-state index contributed by atoms with van der Waals surface area (Å²) in [6.07, 6.45) is 4.42. The quantitative estimate of drug-likeness (QED) is 0.0360. The molecule has 0 saturated carbocycles. The number of anilines is 1. The minimum Gasteiger partial charge on any atom is -0.457 e. The number of aromatic nitrogens is 2. The normalized spacial score (nSPS) is 12.0. The van der Waals surface area contributed by atoms with Crippen LogP contribution >= 0.6 is 0 Å². The summed E-state index contributed by atoms with van der Waals surface area (Å²) >= 11 is 0. The number of carbonyl (C=O) groups excluding carboxylic acids is 1. The van der Waals surface area contributed by atoms with Crippen molar-refractivity contribution in [2.75, 3.05) is 18.0 Å². The molecule has 0 bridgehead atoms. The first-order valence-electron chi connectivity index (χ1n) is 16.1. The first-order valence-corrected chi connectivity index (χ1v) is 16.1. The molecule has 7 rings (SSSR count). The third kappa shape index (κ3) is 5.66. The number of unbranched alkanes of at least 4 members (excludes halogenated alkanes) is 2. The summed E-state index contributed by atoms with van der Waals surface area (Å²) in [7, 11) is 0. The molecule has 0 aliphatic carbocycles. The van der Waals surface area contributed by atoms with Gasteiger partial charge in [0, 0.05) is 41.2 Å². The SMILES string of the molecule is CCCCN(CCCC)c1ccc2c(c1)Oc1cccc3c1c-2cc1nc2ccc(C(=O)OCc4c(F)c(F)c(F)c(F)c4F)cc2nc13. The van der Waals surface area contributed by atoms with Crippen LogP contribution in [-0.4, -0.2) is 29.0 Å². The molecule has 6 nitrogen and oxygen atoms in total. The predicted molar refractivity (Wildman–Crippen MR) is 177 cm³/mol. The van der Waals surface area contributed by atoms with Gasteiger partial charge >= 0.3 is 5.97 Å². The molecule has 0 unspecified atom stereocenters. The Morgan fingerprint density at radius 2 is 1.45 bits per heavy atom. The number of esters is 1. The van der Waals surface area contributed by atoms with E-state index in [0.717, 1.165) is 72.1 Å². The molecule has 250 valence electrons. The molecule has 1 aliphatic heterocycles. The van der Waals surface area contributed by atoms with Gasteiger partial charge in [-0.3, -0.25) is 0 Å². The Kier molecular flexibility index (Phi) is 8.52. The average molecular weight is 672 g/mol. The predicted octanol–water partition coefficient (Wildman–Crippen LogP) is 10.2. The van der Waals surface area contributed by atoms with Crippen LogP contribution in [-0.2, 0) is 11.3 Å². The fourth-order valence-electron chi connectivity index (χ4n) is 6.21. The van der Waals surface area contributed by atoms with Crippen LogP contribution in [0.3, 0.4) is 0 Å². The molecule has 0 saturated heterocycles. The minimum atomic E-state index is -2.29. The fraction of sp³-hybridized carbons (Fsp3) is 0.237. The van der Waals surface area contributed by atoms with Crippen LogP contribution in [0.1, 0.15) is 55.5 Å². The Hall–Kier alpha value is -5.32. The van der Waals surface area contributed by atoms with Crippen LogP contribution in [0.4, 0.5) is 27.6 Å². The molecule has 5 aromatic carbocycles. The highest BCUT2D eigenvalue weighted by atomic mass is 19.2. The van der Waals surface area contributed by atoms with E-state index in [4.69, 9.17) is 19.4 Å². The van der Waals surface area contributed by atoms with Gasteiger partial charge in [0.05, 0.1) is 33.2 Å². The lowest BCUT2D eigenvalue weighted by Crippen LogP contribution is -2.25. The van der Waals surface area contributed by atoms with Crippen LogP contribution < -0.4 is 9.64 Å². The standard InChI is InChI=1S/C38H30F5N3O3/c1-3-5-14-46(15-6-4-2)21-11-12-22-24-18-28-37(23-8-7-9-29(31(23)24)49-30(22)17-21)45-27-16-20(10-13-26(27)44-28)38(47)48-19-25-32(39)34(41)36(43)35(42)33(25)40/h7-13,16-18H,3-6,14-15,19H2,1-2H3. The van der Waals surface area contributed by atoms with Crippen molar-refractivity contribution in [1.29, 1.82) is 0 Å². The van der Waals surface area contributed by atoms with E-state index < -0.39 is 47.2 Å². The van der Waals surface area contributed by atoms with Crippen molar-refractivity contribution in [2.45, 2.75) is 46.1 Å². The molecular weight excluding hydrogens is 641 g/mol. The first kappa shape index (κ1) is 32.2. The van der Waals surface area contributed by atoms with Gasteiger partial charge in [-0.15, -0.1) is 0 Å². The molecule has 6 aromatic rings. The fourth-order valence-corrected chi connectivity index (χ4v) is 6.21. The molecule has 1 aromatic heterocycles. The zero-order valence-corrected chi connectivity index (χ0v) is 26.7. The van der Waals surface area contributed by atoms with Crippen molar-refractivity contribution < 1.29 is 36.2 Å². The number of rotatable bonds is 10. The number of nitrogens with zero attached hydrogens (tertiary/aromatic N) is 3. The van der Waals surface area contributed by atoms with Crippen LogP contribution in [0.25, 0.3) is 44.0 Å². The zero-order valence-electron chi connectivity index (χ0n) is 26.7. The van der Waals surface area contributed by atoms with Gasteiger partial charge in [0.15, 0.2) is 23.3 Å². The van der Waals surface area contributed by atoms with Gasteiger partial charge in [-0.2, -0.15) is 0 Å². The lowest BCUT2D eigenvalue weighted by atomic mass is 9.93. The third-order valence-electron chi connectivity index (χ3n) is 8.81. The molecule has 0 atom stereocenters. The van der Waals surface area contributed by atoms with Gasteiger partial charge in [-0.25, -0.2) is 36.7 Å². The lowest BCUT2D eigenvalue weighted by Gasteiger charge is -2.27. The molecule has 49 heavy (non-hydrogen) atoms. The molecule has 0 spiro atoms. The van der Waals surface area contributed by atoms with Crippen molar-refractivity contribution in [3.8, 4) is 22.6 Å². The average Bonchev–Trinajstić information content (AvgIpc) is 3.12. The van der Waals surface area contributed by atoms with Crippen molar-refractivity contribution >= 4 is 44.5 Å². The molecular formula is C38H30F5N3O3. The second-order valence-electron chi connectivity index (χ2n) is 12.0. The number of ether oxygens (including phenoxy) is 2. The highest BCUT2D eigenvalue weighted by Crippen LogP contribution is 2.49. The summed E-state index contributed by atoms with van der Waals surface area (Å²) in [5, 5.41) is 1.66. The van der Waals surface area contributed by atoms with Gasteiger partial charge in [0.1, 0.15) is 18.1 Å². The Morgan fingerprint density at radius 3 is 2.16 bits per heavy atom. The van der Waals surface area contributed by atoms with Crippen molar-refractivity contribution in [3.05, 3.63) is 101 Å². The van der Waals surface area contributed by atoms with E-state index in [0.29, 0.717) is 27.8 Å². The highest BCUT2D eigenvalue weighted by molar-refractivity contribution is 6.16. The van der Waals surface area contributed by atoms with Crippen molar-refractivity contribution in [1.82, 2.24) is 9.97 Å². The number of benzene rings is 5. The van der Waals surface area contributed by atoms with Crippen LogP contribution in [0.5, 0.6) is 11.5 Å². The lowest BCUT2D eigenvalue weighted by molar-refractivity contribution is 0.0462. The maximum absolute atomic E-state index is 14.1.